The summed E-state index contributed by atoms with van der Waals surface area (Å²) in [5, 5.41) is 9.84. The molecule has 0 aliphatic rings. The molecule has 0 radical (unpaired) electrons. The Balaban J connectivity index is 1.16. The molecule has 0 saturated carbocycles. The van der Waals surface area contributed by atoms with Crippen LogP contribution in [-0.4, -0.2) is 36.0 Å². The number of para-hydroxylation sites is 1. The van der Waals surface area contributed by atoms with Gasteiger partial charge in [-0.1, -0.05) is 18.2 Å². The van der Waals surface area contributed by atoms with E-state index in [1.807, 2.05) is 78.3 Å². The average Bonchev–Trinajstić information content (AvgIpc) is 3.61. The number of furan rings is 1. The van der Waals surface area contributed by atoms with E-state index in [1.54, 1.807) is 17.0 Å². The molecule has 0 atom stereocenters. The van der Waals surface area contributed by atoms with Gasteiger partial charge in [0.2, 0.25) is 5.82 Å². The van der Waals surface area contributed by atoms with Gasteiger partial charge >= 0.3 is 0 Å². The molecule has 9 heteroatoms. The number of fused-ring (bicyclic) bond motifs is 3. The summed E-state index contributed by atoms with van der Waals surface area (Å²) in [6.45, 7) is 2.86. The molecule has 0 fully saturated rings. The van der Waals surface area contributed by atoms with E-state index >= 15 is 0 Å². The normalized spacial score (nSPS) is 11.3. The van der Waals surface area contributed by atoms with E-state index in [1.165, 1.54) is 0 Å². The summed E-state index contributed by atoms with van der Waals surface area (Å²) in [6.07, 6.45) is 3.36. The Morgan fingerprint density at radius 1 is 0.853 bits per heavy atom. The van der Waals surface area contributed by atoms with Crippen molar-refractivity contribution in [3.05, 3.63) is 85.0 Å². The van der Waals surface area contributed by atoms with Crippen LogP contribution in [0.15, 0.2) is 83.6 Å². The fourth-order valence-corrected chi connectivity index (χ4v) is 3.72. The van der Waals surface area contributed by atoms with Crippen LogP contribution in [0.2, 0.25) is 0 Å². The maximum Gasteiger partial charge on any atom is 0.217 e. The summed E-state index contributed by atoms with van der Waals surface area (Å²) in [5.74, 6) is 4.13. The first kappa shape index (κ1) is 20.0. The molecule has 6 aromatic rings. The van der Waals surface area contributed by atoms with Crippen molar-refractivity contribution in [2.45, 2.75) is 13.5 Å². The van der Waals surface area contributed by atoms with E-state index in [0.717, 1.165) is 28.3 Å². The predicted molar refractivity (Wildman–Crippen MR) is 125 cm³/mol. The first-order valence-electron chi connectivity index (χ1n) is 10.8. The molecule has 9 nitrogen and oxygen atoms in total. The van der Waals surface area contributed by atoms with Crippen molar-refractivity contribution in [3.63, 3.8) is 0 Å². The second kappa shape index (κ2) is 8.36. The third kappa shape index (κ3) is 3.73. The SMILES string of the molecule is Cc1nc2c(cnn2CCOc2ccc(Oc3ccccc3)cc2)c2nc(-c3ccco3)nn12. The molecule has 4 aromatic heterocycles. The van der Waals surface area contributed by atoms with Crippen LogP contribution in [-0.2, 0) is 6.54 Å². The summed E-state index contributed by atoms with van der Waals surface area (Å²) in [6, 6.07) is 20.8. The lowest BCUT2D eigenvalue weighted by molar-refractivity contribution is 0.293. The Labute approximate surface area is 194 Å². The van der Waals surface area contributed by atoms with Gasteiger partial charge in [0.25, 0.3) is 0 Å². The van der Waals surface area contributed by atoms with Crippen molar-refractivity contribution >= 4 is 16.7 Å². The van der Waals surface area contributed by atoms with E-state index in [4.69, 9.17) is 18.9 Å². The maximum absolute atomic E-state index is 5.91. The minimum atomic E-state index is 0.436. The number of hydrogen-bond donors (Lipinski definition) is 0. The van der Waals surface area contributed by atoms with Gasteiger partial charge in [0.1, 0.15) is 29.7 Å². The van der Waals surface area contributed by atoms with E-state index in [-0.39, 0.29) is 0 Å². The molecule has 0 saturated heterocycles. The molecule has 0 unspecified atom stereocenters. The topological polar surface area (TPSA) is 92.5 Å². The molecule has 0 aliphatic heterocycles. The predicted octanol–water partition coefficient (Wildman–Crippen LogP) is 4.91. The molecule has 4 heterocycles. The minimum Gasteiger partial charge on any atom is -0.492 e. The Kier molecular flexibility index (Phi) is 4.91. The highest BCUT2D eigenvalue weighted by Gasteiger charge is 2.17. The van der Waals surface area contributed by atoms with Crippen molar-refractivity contribution in [2.75, 3.05) is 6.61 Å². The zero-order valence-electron chi connectivity index (χ0n) is 18.3. The van der Waals surface area contributed by atoms with Crippen molar-refractivity contribution in [3.8, 4) is 28.8 Å². The lowest BCUT2D eigenvalue weighted by atomic mass is 10.3. The van der Waals surface area contributed by atoms with Gasteiger partial charge in [-0.25, -0.2) is 14.6 Å². The van der Waals surface area contributed by atoms with Gasteiger partial charge in [0, 0.05) is 0 Å². The number of aryl methyl sites for hydroxylation is 1. The molecule has 0 spiro atoms. The van der Waals surface area contributed by atoms with Crippen LogP contribution in [0.1, 0.15) is 5.82 Å². The first-order chi connectivity index (χ1) is 16.7. The Morgan fingerprint density at radius 2 is 1.65 bits per heavy atom. The number of aromatic nitrogens is 6. The number of rotatable bonds is 7. The minimum absolute atomic E-state index is 0.436. The molecule has 34 heavy (non-hydrogen) atoms. The van der Waals surface area contributed by atoms with Gasteiger partial charge in [-0.2, -0.15) is 9.61 Å². The molecule has 2 aromatic carbocycles. The number of ether oxygens (including phenoxy) is 2. The van der Waals surface area contributed by atoms with E-state index < -0.39 is 0 Å². The maximum atomic E-state index is 5.91. The number of hydrogen-bond acceptors (Lipinski definition) is 7. The van der Waals surface area contributed by atoms with Crippen molar-refractivity contribution in [1.82, 2.24) is 29.4 Å². The first-order valence-corrected chi connectivity index (χ1v) is 10.8. The Morgan fingerprint density at radius 3 is 2.44 bits per heavy atom. The van der Waals surface area contributed by atoms with Gasteiger partial charge in [0.15, 0.2) is 17.1 Å². The van der Waals surface area contributed by atoms with E-state index in [0.29, 0.717) is 36.2 Å². The third-order valence-corrected chi connectivity index (χ3v) is 5.35. The van der Waals surface area contributed by atoms with Gasteiger partial charge < -0.3 is 13.9 Å². The largest absolute Gasteiger partial charge is 0.492 e. The molecule has 0 N–H and O–H groups in total. The highest BCUT2D eigenvalue weighted by molar-refractivity contribution is 5.89. The smallest absolute Gasteiger partial charge is 0.217 e. The van der Waals surface area contributed by atoms with Crippen LogP contribution in [0.25, 0.3) is 28.3 Å². The van der Waals surface area contributed by atoms with Crippen molar-refractivity contribution in [2.24, 2.45) is 0 Å². The summed E-state index contributed by atoms with van der Waals surface area (Å²) >= 11 is 0. The molecule has 6 rings (SSSR count). The zero-order chi connectivity index (χ0) is 22.9. The quantitative estimate of drug-likeness (QED) is 0.340. The van der Waals surface area contributed by atoms with Gasteiger partial charge in [-0.15, -0.1) is 5.10 Å². The molecule has 168 valence electrons. The second-order valence-electron chi connectivity index (χ2n) is 7.65. The fourth-order valence-electron chi connectivity index (χ4n) is 3.72. The lowest BCUT2D eigenvalue weighted by Gasteiger charge is -2.09. The average molecular weight is 452 g/mol. The van der Waals surface area contributed by atoms with E-state index in [2.05, 4.69) is 15.2 Å². The third-order valence-electron chi connectivity index (χ3n) is 5.35. The summed E-state index contributed by atoms with van der Waals surface area (Å²) in [5.41, 5.74) is 1.42. The molecular formula is C25H20N6O3. The fraction of sp³-hybridized carbons (Fsp3) is 0.120. The van der Waals surface area contributed by atoms with Crippen molar-refractivity contribution < 1.29 is 13.9 Å². The van der Waals surface area contributed by atoms with Crippen LogP contribution in [0, 0.1) is 6.92 Å². The summed E-state index contributed by atoms with van der Waals surface area (Å²) in [4.78, 5) is 9.34. The standard InChI is InChI=1S/C25H20N6O3/c1-17-27-24-21(25-28-23(29-31(17)25)22-8-5-14-33-22)16-26-30(24)13-15-32-18-9-11-20(12-10-18)34-19-6-3-2-4-7-19/h2-12,14,16H,13,15H2,1H3. The zero-order valence-corrected chi connectivity index (χ0v) is 18.3. The van der Waals surface area contributed by atoms with Crippen LogP contribution in [0.4, 0.5) is 0 Å². The Bertz CT molecular complexity index is 1550. The van der Waals surface area contributed by atoms with Crippen molar-refractivity contribution in [1.29, 1.82) is 0 Å². The summed E-state index contributed by atoms with van der Waals surface area (Å²) < 4.78 is 20.7. The van der Waals surface area contributed by atoms with Gasteiger partial charge in [0.05, 0.1) is 24.4 Å². The highest BCUT2D eigenvalue weighted by atomic mass is 16.5. The summed E-state index contributed by atoms with van der Waals surface area (Å²) in [7, 11) is 0. The van der Waals surface area contributed by atoms with E-state index in [9.17, 15) is 0 Å². The van der Waals surface area contributed by atoms with Gasteiger partial charge in [-0.05, 0) is 55.5 Å². The van der Waals surface area contributed by atoms with Crippen LogP contribution in [0.5, 0.6) is 17.2 Å². The number of nitrogens with zero attached hydrogens (tertiary/aromatic N) is 6. The van der Waals surface area contributed by atoms with Gasteiger partial charge in [-0.3, -0.25) is 0 Å². The second-order valence-corrected chi connectivity index (χ2v) is 7.65. The molecule has 0 amide bonds. The lowest BCUT2D eigenvalue weighted by Crippen LogP contribution is -2.10. The van der Waals surface area contributed by atoms with Crippen LogP contribution >= 0.6 is 0 Å². The Hall–Kier alpha value is -4.66. The monoisotopic (exact) mass is 452 g/mol. The molecule has 0 aliphatic carbocycles. The van der Waals surface area contributed by atoms with Crippen LogP contribution < -0.4 is 9.47 Å². The van der Waals surface area contributed by atoms with Crippen LogP contribution in [0.3, 0.4) is 0 Å². The molecule has 0 bridgehead atoms. The molecular weight excluding hydrogens is 432 g/mol. The number of benzene rings is 2. The highest BCUT2D eigenvalue weighted by Crippen LogP contribution is 2.24.